The maximum Gasteiger partial charge on any atom is 0.310 e. The highest BCUT2D eigenvalue weighted by molar-refractivity contribution is 5.74. The smallest absolute Gasteiger partial charge is 0.310 e. The molecule has 6 nitrogen and oxygen atoms in total. The van der Waals surface area contributed by atoms with Gasteiger partial charge in [0.2, 0.25) is 0 Å². The van der Waals surface area contributed by atoms with Crippen molar-refractivity contribution in [3.63, 3.8) is 0 Å². The van der Waals surface area contributed by atoms with E-state index < -0.39 is 0 Å². The van der Waals surface area contributed by atoms with Crippen LogP contribution in [0.5, 0.6) is 0 Å². The molecule has 0 aromatic carbocycles. The molecule has 0 spiro atoms. The number of ether oxygens (including phenoxy) is 2. The zero-order valence-corrected chi connectivity index (χ0v) is 9.93. The highest BCUT2D eigenvalue weighted by Crippen LogP contribution is 2.24. The highest BCUT2D eigenvalue weighted by atomic mass is 16.5. The second kappa shape index (κ2) is 6.21. The Kier molecular flexibility index (Phi) is 4.91. The molecule has 0 bridgehead atoms. The second-order valence-electron chi connectivity index (χ2n) is 3.94. The predicted octanol–water partition coefficient (Wildman–Crippen LogP) is -0.0171. The van der Waals surface area contributed by atoms with Gasteiger partial charge in [0.25, 0.3) is 0 Å². The summed E-state index contributed by atoms with van der Waals surface area (Å²) in [6.45, 7) is 0. The molecule has 1 aliphatic heterocycles. The average Bonchev–Trinajstić information content (AvgIpc) is 2.78. The van der Waals surface area contributed by atoms with Gasteiger partial charge in [-0.15, -0.1) is 0 Å². The van der Waals surface area contributed by atoms with E-state index >= 15 is 0 Å². The van der Waals surface area contributed by atoms with E-state index in [0.717, 1.165) is 0 Å². The third-order valence-corrected chi connectivity index (χ3v) is 2.94. The Morgan fingerprint density at radius 3 is 2.65 bits per heavy atom. The maximum absolute atomic E-state index is 11.5. The average molecular weight is 240 g/mol. The lowest BCUT2D eigenvalue weighted by Gasteiger charge is -2.16. The van der Waals surface area contributed by atoms with Crippen LogP contribution in [0.4, 0.5) is 0 Å². The fourth-order valence-corrected chi connectivity index (χ4v) is 2.02. The lowest BCUT2D eigenvalue weighted by Crippen LogP contribution is -2.34. The molecule has 0 aromatic rings. The molecule has 0 unspecified atom stereocenters. The molecular formula is C11H16N2O4. The van der Waals surface area contributed by atoms with Crippen molar-refractivity contribution in [2.45, 2.75) is 31.3 Å². The molecule has 0 radical (unpaired) electrons. The third-order valence-electron chi connectivity index (χ3n) is 2.94. The minimum absolute atomic E-state index is 0.203. The normalized spacial score (nSPS) is 27.2. The van der Waals surface area contributed by atoms with Gasteiger partial charge in [0.1, 0.15) is 0 Å². The van der Waals surface area contributed by atoms with Gasteiger partial charge in [0.15, 0.2) is 0 Å². The first-order valence-electron chi connectivity index (χ1n) is 5.42. The standard InChI is InChI=1S/C11H16N2O4/c1-16-10(14)4-3-9-8(11(15)17-2)5-7(6-12)13-9/h7-9,13H,3-5H2,1-2H3/t7-,8-,9-/m0/s1. The Balaban J connectivity index is 2.58. The summed E-state index contributed by atoms with van der Waals surface area (Å²) in [6, 6.07) is 1.51. The van der Waals surface area contributed by atoms with Crippen LogP contribution in [0.3, 0.4) is 0 Å². The van der Waals surface area contributed by atoms with Gasteiger partial charge >= 0.3 is 11.9 Å². The van der Waals surface area contributed by atoms with Crippen LogP contribution in [0.25, 0.3) is 0 Å². The van der Waals surface area contributed by atoms with Crippen LogP contribution in [-0.2, 0) is 19.1 Å². The van der Waals surface area contributed by atoms with Crippen molar-refractivity contribution < 1.29 is 19.1 Å². The van der Waals surface area contributed by atoms with E-state index in [2.05, 4.69) is 20.9 Å². The number of nitrogens with zero attached hydrogens (tertiary/aromatic N) is 1. The Hall–Kier alpha value is -1.61. The first-order valence-corrected chi connectivity index (χ1v) is 5.42. The summed E-state index contributed by atoms with van der Waals surface area (Å²) in [5.74, 6) is -1.03. The molecule has 3 atom stereocenters. The van der Waals surface area contributed by atoms with E-state index in [-0.39, 0.29) is 36.4 Å². The Bertz CT molecular complexity index is 337. The lowest BCUT2D eigenvalue weighted by molar-refractivity contribution is -0.146. The van der Waals surface area contributed by atoms with Gasteiger partial charge in [-0.2, -0.15) is 5.26 Å². The summed E-state index contributed by atoms with van der Waals surface area (Å²) >= 11 is 0. The van der Waals surface area contributed by atoms with Gasteiger partial charge in [-0.25, -0.2) is 0 Å². The second-order valence-corrected chi connectivity index (χ2v) is 3.94. The fraction of sp³-hybridized carbons (Fsp3) is 0.727. The molecule has 0 aliphatic carbocycles. The van der Waals surface area contributed by atoms with Crippen molar-refractivity contribution in [2.75, 3.05) is 14.2 Å². The Morgan fingerprint density at radius 2 is 2.12 bits per heavy atom. The molecule has 1 aliphatic rings. The molecule has 1 N–H and O–H groups in total. The van der Waals surface area contributed by atoms with Crippen LogP contribution in [-0.4, -0.2) is 38.2 Å². The lowest BCUT2D eigenvalue weighted by atomic mass is 9.96. The largest absolute Gasteiger partial charge is 0.469 e. The first-order chi connectivity index (χ1) is 8.12. The molecule has 1 heterocycles. The monoisotopic (exact) mass is 240 g/mol. The first kappa shape index (κ1) is 13.5. The minimum atomic E-state index is -0.366. The van der Waals surface area contributed by atoms with Crippen LogP contribution in [0.2, 0.25) is 0 Å². The maximum atomic E-state index is 11.5. The van der Waals surface area contributed by atoms with Crippen LogP contribution in [0, 0.1) is 17.2 Å². The van der Waals surface area contributed by atoms with E-state index in [1.54, 1.807) is 0 Å². The van der Waals surface area contributed by atoms with Crippen LogP contribution in [0.1, 0.15) is 19.3 Å². The van der Waals surface area contributed by atoms with Gasteiger partial charge in [0.05, 0.1) is 32.2 Å². The number of hydrogen-bond acceptors (Lipinski definition) is 6. The highest BCUT2D eigenvalue weighted by Gasteiger charge is 2.39. The van der Waals surface area contributed by atoms with Crippen molar-refractivity contribution >= 4 is 11.9 Å². The quantitative estimate of drug-likeness (QED) is 0.695. The molecule has 0 aromatic heterocycles. The summed E-state index contributed by atoms with van der Waals surface area (Å²) < 4.78 is 9.22. The SMILES string of the molecule is COC(=O)CC[C@@H]1N[C@H](C#N)C[C@@H]1C(=O)OC. The van der Waals surface area contributed by atoms with Crippen molar-refractivity contribution in [3.8, 4) is 6.07 Å². The molecule has 1 fully saturated rings. The number of carbonyl (C=O) groups excluding carboxylic acids is 2. The van der Waals surface area contributed by atoms with Gasteiger partial charge < -0.3 is 9.47 Å². The van der Waals surface area contributed by atoms with E-state index in [1.165, 1.54) is 14.2 Å². The van der Waals surface area contributed by atoms with Crippen LogP contribution in [0.15, 0.2) is 0 Å². The number of hydrogen-bond donors (Lipinski definition) is 1. The topological polar surface area (TPSA) is 88.4 Å². The van der Waals surface area contributed by atoms with Crippen molar-refractivity contribution in [1.29, 1.82) is 5.26 Å². The zero-order chi connectivity index (χ0) is 12.8. The summed E-state index contributed by atoms with van der Waals surface area (Å²) in [5.41, 5.74) is 0. The van der Waals surface area contributed by atoms with Gasteiger partial charge in [-0.05, 0) is 12.8 Å². The Morgan fingerprint density at radius 1 is 1.41 bits per heavy atom. The molecule has 0 amide bonds. The number of carbonyl (C=O) groups is 2. The van der Waals surface area contributed by atoms with Gasteiger partial charge in [0, 0.05) is 12.5 Å². The molecule has 1 saturated heterocycles. The summed E-state index contributed by atoms with van der Waals surface area (Å²) in [5, 5.41) is 11.8. The van der Waals surface area contributed by atoms with Gasteiger partial charge in [-0.3, -0.25) is 14.9 Å². The van der Waals surface area contributed by atoms with E-state index in [9.17, 15) is 9.59 Å². The fourth-order valence-electron chi connectivity index (χ4n) is 2.02. The molecule has 94 valence electrons. The van der Waals surface area contributed by atoms with E-state index in [4.69, 9.17) is 5.26 Å². The summed E-state index contributed by atoms with van der Waals surface area (Å²) in [7, 11) is 2.64. The number of methoxy groups -OCH3 is 2. The molecular weight excluding hydrogens is 224 g/mol. The molecule has 17 heavy (non-hydrogen) atoms. The zero-order valence-electron chi connectivity index (χ0n) is 9.93. The summed E-state index contributed by atoms with van der Waals surface area (Å²) in [4.78, 5) is 22.5. The van der Waals surface area contributed by atoms with E-state index in [1.807, 2.05) is 0 Å². The van der Waals surface area contributed by atoms with Gasteiger partial charge in [-0.1, -0.05) is 0 Å². The van der Waals surface area contributed by atoms with Crippen molar-refractivity contribution in [1.82, 2.24) is 5.32 Å². The number of rotatable bonds is 4. The number of nitrogens with one attached hydrogen (secondary N) is 1. The minimum Gasteiger partial charge on any atom is -0.469 e. The summed E-state index contributed by atoms with van der Waals surface area (Å²) in [6.07, 6.45) is 1.11. The van der Waals surface area contributed by atoms with Crippen molar-refractivity contribution in [3.05, 3.63) is 0 Å². The molecule has 0 saturated carbocycles. The van der Waals surface area contributed by atoms with E-state index in [0.29, 0.717) is 12.8 Å². The third kappa shape index (κ3) is 3.43. The number of esters is 2. The molecule has 1 rings (SSSR count). The van der Waals surface area contributed by atoms with Crippen LogP contribution >= 0.6 is 0 Å². The molecule has 6 heteroatoms. The predicted molar refractivity (Wildman–Crippen MR) is 57.7 cm³/mol. The van der Waals surface area contributed by atoms with Crippen molar-refractivity contribution in [2.24, 2.45) is 5.92 Å². The van der Waals surface area contributed by atoms with Crippen LogP contribution < -0.4 is 5.32 Å². The number of nitriles is 1. The Labute approximate surface area is 99.9 Å².